The van der Waals surface area contributed by atoms with Gasteiger partial charge in [0, 0.05) is 30.3 Å². The maximum absolute atomic E-state index is 12.9. The molecule has 2 rings (SSSR count). The number of nitrogens with one attached hydrogen (secondary N) is 2. The van der Waals surface area contributed by atoms with Crippen molar-refractivity contribution in [3.05, 3.63) is 29.8 Å². The van der Waals surface area contributed by atoms with Crippen molar-refractivity contribution in [1.29, 1.82) is 0 Å². The molecule has 28 heavy (non-hydrogen) atoms. The van der Waals surface area contributed by atoms with Crippen LogP contribution in [-0.2, 0) is 14.3 Å². The number of hydrogen-bond acceptors (Lipinski definition) is 5. The van der Waals surface area contributed by atoms with Gasteiger partial charge in [-0.3, -0.25) is 19.3 Å². The predicted molar refractivity (Wildman–Crippen MR) is 108 cm³/mol. The number of ether oxygens (including phenoxy) is 1. The van der Waals surface area contributed by atoms with E-state index in [4.69, 9.17) is 4.74 Å². The number of esters is 1. The summed E-state index contributed by atoms with van der Waals surface area (Å²) in [5.41, 5.74) is 1.06. The molecule has 1 aliphatic rings. The van der Waals surface area contributed by atoms with Crippen molar-refractivity contribution in [2.24, 2.45) is 5.92 Å². The van der Waals surface area contributed by atoms with Gasteiger partial charge >= 0.3 is 5.97 Å². The third kappa shape index (κ3) is 5.32. The van der Waals surface area contributed by atoms with Crippen LogP contribution in [0.25, 0.3) is 0 Å². The number of anilines is 1. The number of rotatable bonds is 7. The second-order valence-corrected chi connectivity index (χ2v) is 7.66. The maximum atomic E-state index is 12.9. The minimum atomic E-state index is -0.263. The molecular formula is C21H31N3O4. The Morgan fingerprint density at radius 1 is 1.21 bits per heavy atom. The molecular weight excluding hydrogens is 358 g/mol. The van der Waals surface area contributed by atoms with Gasteiger partial charge in [-0.05, 0) is 50.4 Å². The Morgan fingerprint density at radius 3 is 2.54 bits per heavy atom. The standard InChI is InChI=1S/C21H31N3O4/c1-13(2)19(14(3)24-11-7-10-18(24)21(27)28-5)23-20(26)16-8-6-9-17(12-16)22-15(4)25/h6,8-9,12-14,18-19H,7,10-11H2,1-5H3,(H,22,25)(H,23,26)/t14?,18-,19?/m0/s1. The van der Waals surface area contributed by atoms with Crippen LogP contribution in [0.3, 0.4) is 0 Å². The molecule has 1 fully saturated rings. The molecule has 7 nitrogen and oxygen atoms in total. The van der Waals surface area contributed by atoms with E-state index in [1.54, 1.807) is 24.3 Å². The fourth-order valence-electron chi connectivity index (χ4n) is 3.89. The maximum Gasteiger partial charge on any atom is 0.323 e. The van der Waals surface area contributed by atoms with Gasteiger partial charge in [-0.15, -0.1) is 0 Å². The lowest BCUT2D eigenvalue weighted by Crippen LogP contribution is -2.55. The summed E-state index contributed by atoms with van der Waals surface area (Å²) in [6.07, 6.45) is 1.70. The third-order valence-corrected chi connectivity index (χ3v) is 5.27. The van der Waals surface area contributed by atoms with Crippen LogP contribution in [0.1, 0.15) is 50.9 Å². The minimum absolute atomic E-state index is 0.0194. The van der Waals surface area contributed by atoms with Gasteiger partial charge in [-0.25, -0.2) is 0 Å². The van der Waals surface area contributed by atoms with E-state index in [0.29, 0.717) is 11.3 Å². The average molecular weight is 389 g/mol. The van der Waals surface area contributed by atoms with Crippen LogP contribution in [0.2, 0.25) is 0 Å². The topological polar surface area (TPSA) is 87.7 Å². The summed E-state index contributed by atoms with van der Waals surface area (Å²) in [5, 5.41) is 5.81. The monoisotopic (exact) mass is 389 g/mol. The van der Waals surface area contributed by atoms with E-state index in [1.807, 2.05) is 6.92 Å². The zero-order valence-corrected chi connectivity index (χ0v) is 17.3. The van der Waals surface area contributed by atoms with Gasteiger partial charge in [0.1, 0.15) is 6.04 Å². The number of benzene rings is 1. The Hall–Kier alpha value is -2.41. The summed E-state index contributed by atoms with van der Waals surface area (Å²) in [4.78, 5) is 38.3. The number of likely N-dealkylation sites (tertiary alicyclic amines) is 1. The SMILES string of the molecule is COC(=O)[C@@H]1CCCN1C(C)C(NC(=O)c1cccc(NC(C)=O)c1)C(C)C. The fourth-order valence-corrected chi connectivity index (χ4v) is 3.89. The van der Waals surface area contributed by atoms with Crippen LogP contribution in [-0.4, -0.2) is 54.5 Å². The van der Waals surface area contributed by atoms with Crippen molar-refractivity contribution >= 4 is 23.5 Å². The Kier molecular flexibility index (Phi) is 7.57. The van der Waals surface area contributed by atoms with Crippen LogP contribution in [0.4, 0.5) is 5.69 Å². The van der Waals surface area contributed by atoms with Gasteiger partial charge in [-0.1, -0.05) is 19.9 Å². The molecule has 0 spiro atoms. The zero-order valence-electron chi connectivity index (χ0n) is 17.3. The van der Waals surface area contributed by atoms with E-state index in [0.717, 1.165) is 19.4 Å². The highest BCUT2D eigenvalue weighted by Gasteiger charge is 2.38. The first kappa shape index (κ1) is 21.9. The molecule has 154 valence electrons. The van der Waals surface area contributed by atoms with Crippen LogP contribution < -0.4 is 10.6 Å². The molecule has 2 amide bonds. The summed E-state index contributed by atoms with van der Waals surface area (Å²) in [6, 6.07) is 6.44. The van der Waals surface area contributed by atoms with Crippen LogP contribution in [0, 0.1) is 5.92 Å². The largest absolute Gasteiger partial charge is 0.468 e. The molecule has 2 unspecified atom stereocenters. The third-order valence-electron chi connectivity index (χ3n) is 5.27. The molecule has 3 atom stereocenters. The first-order valence-corrected chi connectivity index (χ1v) is 9.76. The lowest BCUT2D eigenvalue weighted by molar-refractivity contribution is -0.146. The van der Waals surface area contributed by atoms with E-state index < -0.39 is 0 Å². The Bertz CT molecular complexity index is 719. The minimum Gasteiger partial charge on any atom is -0.468 e. The summed E-state index contributed by atoms with van der Waals surface area (Å²) in [5.74, 6) is -0.432. The second-order valence-electron chi connectivity index (χ2n) is 7.66. The van der Waals surface area contributed by atoms with E-state index in [1.165, 1.54) is 14.0 Å². The normalized spacial score (nSPS) is 19.1. The van der Waals surface area contributed by atoms with Gasteiger partial charge in [-0.2, -0.15) is 0 Å². The number of carbonyl (C=O) groups is 3. The van der Waals surface area contributed by atoms with Crippen molar-refractivity contribution in [2.75, 3.05) is 19.0 Å². The molecule has 1 aromatic carbocycles. The molecule has 0 aliphatic carbocycles. The summed E-state index contributed by atoms with van der Waals surface area (Å²) in [7, 11) is 1.41. The molecule has 0 bridgehead atoms. The Morgan fingerprint density at radius 2 is 1.93 bits per heavy atom. The number of carbonyl (C=O) groups excluding carboxylic acids is 3. The predicted octanol–water partition coefficient (Wildman–Crippen LogP) is 2.43. The molecule has 1 saturated heterocycles. The molecule has 1 aromatic rings. The number of methoxy groups -OCH3 is 1. The quantitative estimate of drug-likeness (QED) is 0.700. The van der Waals surface area contributed by atoms with Crippen LogP contribution in [0.5, 0.6) is 0 Å². The van der Waals surface area contributed by atoms with E-state index in [9.17, 15) is 14.4 Å². The second kappa shape index (κ2) is 9.68. The Balaban J connectivity index is 2.15. The van der Waals surface area contributed by atoms with Crippen molar-refractivity contribution in [3.8, 4) is 0 Å². The molecule has 0 aromatic heterocycles. The highest BCUT2D eigenvalue weighted by atomic mass is 16.5. The van der Waals surface area contributed by atoms with Crippen molar-refractivity contribution in [2.45, 2.75) is 58.7 Å². The van der Waals surface area contributed by atoms with Gasteiger partial charge in [0.05, 0.1) is 7.11 Å². The summed E-state index contributed by atoms with van der Waals surface area (Å²) in [6.45, 7) is 8.38. The summed E-state index contributed by atoms with van der Waals surface area (Å²) >= 11 is 0. The van der Waals surface area contributed by atoms with E-state index in [-0.39, 0.29) is 41.8 Å². The molecule has 0 radical (unpaired) electrons. The summed E-state index contributed by atoms with van der Waals surface area (Å²) < 4.78 is 4.95. The van der Waals surface area contributed by atoms with Crippen LogP contribution >= 0.6 is 0 Å². The van der Waals surface area contributed by atoms with Crippen molar-refractivity contribution in [1.82, 2.24) is 10.2 Å². The smallest absolute Gasteiger partial charge is 0.323 e. The molecule has 7 heteroatoms. The van der Waals surface area contributed by atoms with Gasteiger partial charge in [0.25, 0.3) is 5.91 Å². The Labute approximate surface area is 166 Å². The van der Waals surface area contributed by atoms with Crippen LogP contribution in [0.15, 0.2) is 24.3 Å². The number of amides is 2. The zero-order chi connectivity index (χ0) is 20.8. The molecule has 0 saturated carbocycles. The lowest BCUT2D eigenvalue weighted by atomic mass is 9.95. The first-order chi connectivity index (χ1) is 13.2. The molecule has 1 heterocycles. The number of nitrogens with zero attached hydrogens (tertiary/aromatic N) is 1. The van der Waals surface area contributed by atoms with Crippen molar-refractivity contribution < 1.29 is 19.1 Å². The van der Waals surface area contributed by atoms with Gasteiger partial charge < -0.3 is 15.4 Å². The lowest BCUT2D eigenvalue weighted by Gasteiger charge is -2.37. The average Bonchev–Trinajstić information content (AvgIpc) is 3.14. The fraction of sp³-hybridized carbons (Fsp3) is 0.571. The molecule has 1 aliphatic heterocycles. The van der Waals surface area contributed by atoms with Gasteiger partial charge in [0.2, 0.25) is 5.91 Å². The number of hydrogen-bond donors (Lipinski definition) is 2. The van der Waals surface area contributed by atoms with Gasteiger partial charge in [0.15, 0.2) is 0 Å². The van der Waals surface area contributed by atoms with E-state index >= 15 is 0 Å². The van der Waals surface area contributed by atoms with Crippen molar-refractivity contribution in [3.63, 3.8) is 0 Å². The molecule has 2 N–H and O–H groups in total. The first-order valence-electron chi connectivity index (χ1n) is 9.76. The van der Waals surface area contributed by atoms with E-state index in [2.05, 4.69) is 29.4 Å². The highest BCUT2D eigenvalue weighted by molar-refractivity contribution is 5.97. The highest BCUT2D eigenvalue weighted by Crippen LogP contribution is 2.25.